The highest BCUT2D eigenvalue weighted by Crippen LogP contribution is 2.26. The molecule has 1 aliphatic heterocycles. The molecule has 1 aromatic rings. The molecule has 0 bridgehead atoms. The lowest BCUT2D eigenvalue weighted by Gasteiger charge is -2.18. The minimum Gasteiger partial charge on any atom is -0.468 e. The number of esters is 1. The summed E-state index contributed by atoms with van der Waals surface area (Å²) in [4.78, 5) is 11.8. The van der Waals surface area contributed by atoms with Crippen molar-refractivity contribution in [2.45, 2.75) is 25.0 Å². The van der Waals surface area contributed by atoms with Gasteiger partial charge in [-0.3, -0.25) is 5.32 Å². The zero-order chi connectivity index (χ0) is 13.0. The maximum atomic E-state index is 11.8. The van der Waals surface area contributed by atoms with Gasteiger partial charge in [-0.15, -0.1) is 11.3 Å². The summed E-state index contributed by atoms with van der Waals surface area (Å²) < 4.78 is 11.4. The number of halogens is 1. The lowest BCUT2D eigenvalue weighted by atomic mass is 10.1. The van der Waals surface area contributed by atoms with Gasteiger partial charge < -0.3 is 9.47 Å². The molecule has 2 unspecified atom stereocenters. The van der Waals surface area contributed by atoms with Crippen LogP contribution in [0.25, 0.3) is 0 Å². The predicted octanol–water partition coefficient (Wildman–Crippen LogP) is 2.49. The standard InChI is InChI=1S/C12H16BrNO3S/c1-16-12(15)11(8-5-10(13)18-7-8)14-6-9-3-2-4-17-9/h5,7,9,11,14H,2-4,6H2,1H3. The van der Waals surface area contributed by atoms with E-state index in [4.69, 9.17) is 9.47 Å². The number of ether oxygens (including phenoxy) is 2. The van der Waals surface area contributed by atoms with Gasteiger partial charge in [0.2, 0.25) is 0 Å². The van der Waals surface area contributed by atoms with E-state index >= 15 is 0 Å². The molecule has 2 atom stereocenters. The largest absolute Gasteiger partial charge is 0.468 e. The first-order chi connectivity index (χ1) is 8.70. The summed E-state index contributed by atoms with van der Waals surface area (Å²) in [5.74, 6) is -0.265. The third-order valence-electron chi connectivity index (χ3n) is 2.93. The second-order valence-corrected chi connectivity index (χ2v) is 6.47. The van der Waals surface area contributed by atoms with Gasteiger partial charge in [-0.25, -0.2) is 4.79 Å². The van der Waals surface area contributed by atoms with Crippen molar-refractivity contribution in [1.82, 2.24) is 5.32 Å². The van der Waals surface area contributed by atoms with Crippen molar-refractivity contribution in [3.8, 4) is 0 Å². The summed E-state index contributed by atoms with van der Waals surface area (Å²) in [5.41, 5.74) is 0.928. The van der Waals surface area contributed by atoms with Gasteiger partial charge in [0.15, 0.2) is 0 Å². The van der Waals surface area contributed by atoms with E-state index in [1.54, 1.807) is 11.3 Å². The Labute approximate surface area is 119 Å². The number of thiophene rings is 1. The highest BCUT2D eigenvalue weighted by atomic mass is 79.9. The van der Waals surface area contributed by atoms with Crippen LogP contribution in [-0.2, 0) is 14.3 Å². The van der Waals surface area contributed by atoms with Gasteiger partial charge in [0.1, 0.15) is 6.04 Å². The van der Waals surface area contributed by atoms with Crippen LogP contribution in [0.15, 0.2) is 15.2 Å². The highest BCUT2D eigenvalue weighted by molar-refractivity contribution is 9.11. The Morgan fingerprint density at radius 2 is 2.61 bits per heavy atom. The molecule has 2 heterocycles. The summed E-state index contributed by atoms with van der Waals surface area (Å²) >= 11 is 4.96. The molecule has 6 heteroatoms. The normalized spacial score (nSPS) is 20.9. The molecule has 0 spiro atoms. The number of hydrogen-bond acceptors (Lipinski definition) is 5. The van der Waals surface area contributed by atoms with Gasteiger partial charge in [0.05, 0.1) is 17.0 Å². The van der Waals surface area contributed by atoms with E-state index < -0.39 is 6.04 Å². The van der Waals surface area contributed by atoms with Gasteiger partial charge in [0.25, 0.3) is 0 Å². The summed E-state index contributed by atoms with van der Waals surface area (Å²) in [7, 11) is 1.41. The molecule has 0 aliphatic carbocycles. The van der Waals surface area contributed by atoms with E-state index in [0.717, 1.165) is 28.8 Å². The van der Waals surface area contributed by atoms with Crippen molar-refractivity contribution in [3.63, 3.8) is 0 Å². The van der Waals surface area contributed by atoms with Crippen LogP contribution in [0, 0.1) is 0 Å². The second-order valence-electron chi connectivity index (χ2n) is 4.18. The van der Waals surface area contributed by atoms with Crippen LogP contribution in [0.4, 0.5) is 0 Å². The maximum absolute atomic E-state index is 11.8. The van der Waals surface area contributed by atoms with E-state index in [-0.39, 0.29) is 12.1 Å². The Morgan fingerprint density at radius 1 is 1.78 bits per heavy atom. The Kier molecular flexibility index (Phi) is 5.17. The molecule has 0 amide bonds. The molecule has 0 saturated carbocycles. The molecule has 18 heavy (non-hydrogen) atoms. The number of nitrogens with one attached hydrogen (secondary N) is 1. The molecule has 1 N–H and O–H groups in total. The zero-order valence-electron chi connectivity index (χ0n) is 10.1. The van der Waals surface area contributed by atoms with Crippen LogP contribution in [0.2, 0.25) is 0 Å². The van der Waals surface area contributed by atoms with Crippen LogP contribution >= 0.6 is 27.3 Å². The lowest BCUT2D eigenvalue weighted by Crippen LogP contribution is -2.34. The SMILES string of the molecule is COC(=O)C(NCC1CCCO1)c1csc(Br)c1. The van der Waals surface area contributed by atoms with Gasteiger partial charge in [0, 0.05) is 13.2 Å². The summed E-state index contributed by atoms with van der Waals surface area (Å²) in [6.07, 6.45) is 2.35. The molecule has 1 aliphatic rings. The van der Waals surface area contributed by atoms with E-state index in [1.165, 1.54) is 7.11 Å². The summed E-state index contributed by atoms with van der Waals surface area (Å²) in [5, 5.41) is 5.18. The number of carbonyl (C=O) groups excluding carboxylic acids is 1. The number of carbonyl (C=O) groups is 1. The third kappa shape index (κ3) is 3.54. The van der Waals surface area contributed by atoms with Crippen molar-refractivity contribution in [1.29, 1.82) is 0 Å². The Bertz CT molecular complexity index is 404. The third-order valence-corrected chi connectivity index (χ3v) is 4.45. The van der Waals surface area contributed by atoms with Gasteiger partial charge in [-0.2, -0.15) is 0 Å². The lowest BCUT2D eigenvalue weighted by molar-refractivity contribution is -0.143. The van der Waals surface area contributed by atoms with Crippen molar-refractivity contribution in [2.24, 2.45) is 0 Å². The minimum absolute atomic E-state index is 0.208. The van der Waals surface area contributed by atoms with Crippen LogP contribution in [0.1, 0.15) is 24.4 Å². The average molecular weight is 334 g/mol. The minimum atomic E-state index is -0.415. The van der Waals surface area contributed by atoms with E-state index in [1.807, 2.05) is 11.4 Å². The van der Waals surface area contributed by atoms with Crippen molar-refractivity contribution in [2.75, 3.05) is 20.3 Å². The van der Waals surface area contributed by atoms with E-state index in [0.29, 0.717) is 6.54 Å². The molecular formula is C12H16BrNO3S. The Morgan fingerprint density at radius 3 is 3.17 bits per heavy atom. The molecule has 100 valence electrons. The van der Waals surface area contributed by atoms with E-state index in [2.05, 4.69) is 21.2 Å². The maximum Gasteiger partial charge on any atom is 0.327 e. The Hall–Kier alpha value is -0.430. The molecule has 0 radical (unpaired) electrons. The average Bonchev–Trinajstić information content (AvgIpc) is 3.01. The zero-order valence-corrected chi connectivity index (χ0v) is 12.6. The van der Waals surface area contributed by atoms with Crippen molar-refractivity contribution >= 4 is 33.2 Å². The van der Waals surface area contributed by atoms with Crippen LogP contribution in [0.3, 0.4) is 0 Å². The van der Waals surface area contributed by atoms with Crippen molar-refractivity contribution in [3.05, 3.63) is 20.8 Å². The van der Waals surface area contributed by atoms with Crippen LogP contribution in [-0.4, -0.2) is 32.3 Å². The fourth-order valence-corrected chi connectivity index (χ4v) is 3.19. The molecule has 1 fully saturated rings. The molecule has 1 saturated heterocycles. The quantitative estimate of drug-likeness (QED) is 0.841. The van der Waals surface area contributed by atoms with Gasteiger partial charge in [-0.05, 0) is 45.8 Å². The summed E-state index contributed by atoms with van der Waals surface area (Å²) in [6, 6.07) is 1.52. The Balaban J connectivity index is 1.98. The van der Waals surface area contributed by atoms with Crippen LogP contribution < -0.4 is 5.32 Å². The first-order valence-corrected chi connectivity index (χ1v) is 7.54. The monoisotopic (exact) mass is 333 g/mol. The molecular weight excluding hydrogens is 318 g/mol. The predicted molar refractivity (Wildman–Crippen MR) is 73.8 cm³/mol. The van der Waals surface area contributed by atoms with Gasteiger partial charge >= 0.3 is 5.97 Å². The number of methoxy groups -OCH3 is 1. The van der Waals surface area contributed by atoms with Crippen molar-refractivity contribution < 1.29 is 14.3 Å². The number of rotatable bonds is 5. The topological polar surface area (TPSA) is 47.6 Å². The molecule has 2 rings (SSSR count). The highest BCUT2D eigenvalue weighted by Gasteiger charge is 2.24. The molecule has 4 nitrogen and oxygen atoms in total. The number of hydrogen-bond donors (Lipinski definition) is 1. The smallest absolute Gasteiger partial charge is 0.327 e. The second kappa shape index (κ2) is 6.65. The fraction of sp³-hybridized carbons (Fsp3) is 0.583. The van der Waals surface area contributed by atoms with Crippen LogP contribution in [0.5, 0.6) is 0 Å². The van der Waals surface area contributed by atoms with Gasteiger partial charge in [-0.1, -0.05) is 0 Å². The molecule has 0 aromatic carbocycles. The molecule has 1 aromatic heterocycles. The first kappa shape index (κ1) is 14.0. The fourth-order valence-electron chi connectivity index (χ4n) is 1.98. The first-order valence-electron chi connectivity index (χ1n) is 5.87. The van der Waals surface area contributed by atoms with E-state index in [9.17, 15) is 4.79 Å². The summed E-state index contributed by atoms with van der Waals surface area (Å²) in [6.45, 7) is 1.49.